The number of rotatable bonds is 7. The van der Waals surface area contributed by atoms with Gasteiger partial charge in [0.15, 0.2) is 17.5 Å². The summed E-state index contributed by atoms with van der Waals surface area (Å²) in [7, 11) is 1.71. The maximum atomic E-state index is 7.94. The van der Waals surface area contributed by atoms with Gasteiger partial charge in [-0.1, -0.05) is 195 Å². The van der Waals surface area contributed by atoms with E-state index in [-0.39, 0.29) is 5.84 Å². The Bertz CT molecular complexity index is 3730. The Labute approximate surface area is 421 Å². The average Bonchev–Trinajstić information content (AvgIpc) is 4.01. The molecular formula is C65H55N7. The second-order valence-electron chi connectivity index (χ2n) is 16.6. The minimum Gasteiger partial charge on any atom is -0.317 e. The Morgan fingerprint density at radius 3 is 1.60 bits per heavy atom. The highest BCUT2D eigenvalue weighted by Crippen LogP contribution is 2.37. The summed E-state index contributed by atoms with van der Waals surface area (Å²) in [6.07, 6.45) is 5.45. The maximum Gasteiger partial charge on any atom is 0.161 e. The number of allylic oxidation sites excluding steroid dienone is 2. The molecule has 2 aromatic heterocycles. The number of aliphatic imine (C=N–C) groups is 4. The fourth-order valence-corrected chi connectivity index (χ4v) is 8.51. The molecule has 0 amide bonds. The third-order valence-corrected chi connectivity index (χ3v) is 11.9. The summed E-state index contributed by atoms with van der Waals surface area (Å²) >= 11 is 0. The first kappa shape index (κ1) is 48.9. The van der Waals surface area contributed by atoms with E-state index in [0.29, 0.717) is 11.7 Å². The summed E-state index contributed by atoms with van der Waals surface area (Å²) in [6.45, 7) is 15.8. The highest BCUT2D eigenvalue weighted by molar-refractivity contribution is 6.15. The molecule has 0 fully saturated rings. The molecule has 0 atom stereocenters. The molecule has 0 aliphatic heterocycles. The van der Waals surface area contributed by atoms with E-state index in [0.717, 1.165) is 16.7 Å². The van der Waals surface area contributed by atoms with Crippen molar-refractivity contribution < 1.29 is 0 Å². The van der Waals surface area contributed by atoms with Crippen LogP contribution in [0.5, 0.6) is 0 Å². The van der Waals surface area contributed by atoms with Crippen molar-refractivity contribution in [2.75, 3.05) is 7.05 Å². The van der Waals surface area contributed by atoms with Gasteiger partial charge < -0.3 is 9.13 Å². The number of nitrogens with zero attached hydrogens (tertiary/aromatic N) is 6. The van der Waals surface area contributed by atoms with Crippen LogP contribution in [0.3, 0.4) is 0 Å². The van der Waals surface area contributed by atoms with Crippen LogP contribution in [0.15, 0.2) is 276 Å². The number of para-hydroxylation sites is 2. The zero-order chi connectivity index (χ0) is 50.2. The molecule has 0 aliphatic carbocycles. The number of aryl methyl sites for hydroxylation is 1. The van der Waals surface area contributed by atoms with Gasteiger partial charge in [-0.05, 0) is 103 Å². The lowest BCUT2D eigenvalue weighted by Gasteiger charge is -2.11. The largest absolute Gasteiger partial charge is 0.317 e. The van der Waals surface area contributed by atoms with Gasteiger partial charge in [-0.25, -0.2) is 15.0 Å². The Balaban J connectivity index is 0.000000173. The van der Waals surface area contributed by atoms with Gasteiger partial charge in [0.25, 0.3) is 0 Å². The number of nitrogens with one attached hydrogen (secondary N) is 1. The Hall–Kier alpha value is -9.59. The molecule has 0 unspecified atom stereocenters. The van der Waals surface area contributed by atoms with Crippen LogP contribution in [0.1, 0.15) is 22.3 Å². The lowest BCUT2D eigenvalue weighted by Crippen LogP contribution is -2.03. The summed E-state index contributed by atoms with van der Waals surface area (Å²) in [5.41, 5.74) is 12.4. The van der Waals surface area contributed by atoms with Crippen LogP contribution < -0.4 is 0 Å². The van der Waals surface area contributed by atoms with Crippen LogP contribution in [0.2, 0.25) is 0 Å². The maximum absolute atomic E-state index is 7.94. The van der Waals surface area contributed by atoms with E-state index in [9.17, 15) is 0 Å². The zero-order valence-corrected chi connectivity index (χ0v) is 40.6. The van der Waals surface area contributed by atoms with Gasteiger partial charge in [0, 0.05) is 57.5 Å². The summed E-state index contributed by atoms with van der Waals surface area (Å²) < 4.78 is 4.70. The molecule has 0 radical (unpaired) electrons. The molecular weight excluding hydrogens is 879 g/mol. The van der Waals surface area contributed by atoms with Crippen molar-refractivity contribution in [3.8, 4) is 22.5 Å². The van der Waals surface area contributed by atoms with Gasteiger partial charge in [0.1, 0.15) is 0 Å². The minimum atomic E-state index is 0.182. The second-order valence-corrected chi connectivity index (χ2v) is 16.6. The molecule has 72 heavy (non-hydrogen) atoms. The minimum absolute atomic E-state index is 0.182. The van der Waals surface area contributed by atoms with Gasteiger partial charge in [0.05, 0.1) is 16.6 Å². The Kier molecular flexibility index (Phi) is 16.0. The van der Waals surface area contributed by atoms with Gasteiger partial charge >= 0.3 is 0 Å². The lowest BCUT2D eigenvalue weighted by molar-refractivity contribution is 1.13. The SMILES string of the molecule is C=CC=C.C=NC(=NC(=N)c1ccccc1)c1ccccc1.C=NC(=NC)c1ccccc1.Cc1cccc(-c2cccc(-n3c4ccccc4c4cc5cc6ccn(-c7ccccc7)c6cc5cc43)c2)c1. The van der Waals surface area contributed by atoms with Gasteiger partial charge in [0.2, 0.25) is 0 Å². The van der Waals surface area contributed by atoms with Crippen molar-refractivity contribution in [3.05, 3.63) is 278 Å². The van der Waals surface area contributed by atoms with Crippen molar-refractivity contribution in [1.82, 2.24) is 9.13 Å². The van der Waals surface area contributed by atoms with Crippen LogP contribution in [0, 0.1) is 12.3 Å². The molecule has 9 aromatic carbocycles. The van der Waals surface area contributed by atoms with Crippen molar-refractivity contribution >= 4 is 74.4 Å². The first-order valence-electron chi connectivity index (χ1n) is 23.5. The monoisotopic (exact) mass is 933 g/mol. The highest BCUT2D eigenvalue weighted by Gasteiger charge is 2.15. The number of hydrogen-bond acceptors (Lipinski definition) is 2. The quantitative estimate of drug-likeness (QED) is 0.0938. The van der Waals surface area contributed by atoms with Crippen LogP contribution in [-0.4, -0.2) is 47.1 Å². The molecule has 1 N–H and O–H groups in total. The number of amidine groups is 3. The first-order chi connectivity index (χ1) is 35.3. The molecule has 0 spiro atoms. The van der Waals surface area contributed by atoms with Crippen molar-refractivity contribution in [1.29, 1.82) is 5.41 Å². The van der Waals surface area contributed by atoms with Crippen LogP contribution >= 0.6 is 0 Å². The number of fused-ring (bicyclic) bond motifs is 5. The lowest BCUT2D eigenvalue weighted by atomic mass is 10.0. The molecule has 0 saturated heterocycles. The highest BCUT2D eigenvalue weighted by atomic mass is 15.0. The molecule has 2 heterocycles. The summed E-state index contributed by atoms with van der Waals surface area (Å²) in [6, 6.07) is 77.2. The third kappa shape index (κ3) is 11.3. The van der Waals surface area contributed by atoms with E-state index >= 15 is 0 Å². The summed E-state index contributed by atoms with van der Waals surface area (Å²) in [5.74, 6) is 1.33. The van der Waals surface area contributed by atoms with E-state index < -0.39 is 0 Å². The third-order valence-electron chi connectivity index (χ3n) is 11.9. The molecule has 7 heteroatoms. The smallest absolute Gasteiger partial charge is 0.161 e. The molecule has 350 valence electrons. The molecule has 11 rings (SSSR count). The van der Waals surface area contributed by atoms with E-state index in [1.807, 2.05) is 91.0 Å². The zero-order valence-electron chi connectivity index (χ0n) is 40.6. The fourth-order valence-electron chi connectivity index (χ4n) is 8.51. The molecule has 11 aromatic rings. The Morgan fingerprint density at radius 1 is 0.458 bits per heavy atom. The molecule has 7 nitrogen and oxygen atoms in total. The summed E-state index contributed by atoms with van der Waals surface area (Å²) in [5, 5.41) is 14.2. The molecule has 0 saturated carbocycles. The van der Waals surface area contributed by atoms with E-state index in [2.05, 4.69) is 202 Å². The van der Waals surface area contributed by atoms with Crippen molar-refractivity contribution in [2.24, 2.45) is 20.0 Å². The average molecular weight is 934 g/mol. The first-order valence-corrected chi connectivity index (χ1v) is 23.5. The van der Waals surface area contributed by atoms with Crippen LogP contribution in [0.4, 0.5) is 0 Å². The number of hydrogen-bond donors (Lipinski definition) is 1. The van der Waals surface area contributed by atoms with E-state index in [4.69, 9.17) is 5.41 Å². The molecule has 0 bridgehead atoms. The topological polar surface area (TPSA) is 83.2 Å². The van der Waals surface area contributed by atoms with Gasteiger partial charge in [-0.15, -0.1) is 0 Å². The summed E-state index contributed by atoms with van der Waals surface area (Å²) in [4.78, 5) is 15.8. The number of benzene rings is 9. The standard InChI is InChI=1S/C37H26N2.C15H13N3.C9H10N2.C4H6/c1-25-9-7-10-26(19-25)27-11-8-14-32(21-27)39-35-16-6-5-15-33(35)34-22-29-20-28-17-18-38(31-12-3-2-4-13-31)36(28)23-30(29)24-37(34)39;1-17-15(13-10-6-3-7-11-13)18-14(16)12-8-4-2-5-9-12;1-10-9(11-2)8-6-4-3-5-7-8;1-3-4-2/h2-24H,1H3;2-11,16H,1H2;3-7H,1H2,2H3;3-4H,1-2H2. The Morgan fingerprint density at radius 2 is 0.986 bits per heavy atom. The number of aromatic nitrogens is 2. The normalized spacial score (nSPS) is 11.1. The van der Waals surface area contributed by atoms with E-state index in [1.54, 1.807) is 19.2 Å². The molecule has 0 aliphatic rings. The van der Waals surface area contributed by atoms with Crippen LogP contribution in [0.25, 0.3) is 66.0 Å². The van der Waals surface area contributed by atoms with E-state index in [1.165, 1.54) is 71.5 Å². The van der Waals surface area contributed by atoms with Crippen LogP contribution in [-0.2, 0) is 0 Å². The van der Waals surface area contributed by atoms with Gasteiger partial charge in [-0.3, -0.25) is 10.4 Å². The predicted octanol–water partition coefficient (Wildman–Crippen LogP) is 16.1. The van der Waals surface area contributed by atoms with Crippen molar-refractivity contribution in [2.45, 2.75) is 6.92 Å². The fraction of sp³-hybridized carbons (Fsp3) is 0.0308. The predicted molar refractivity (Wildman–Crippen MR) is 310 cm³/mol. The van der Waals surface area contributed by atoms with Gasteiger partial charge in [-0.2, -0.15) is 0 Å². The second kappa shape index (κ2) is 23.6. The van der Waals surface area contributed by atoms with Crippen molar-refractivity contribution in [3.63, 3.8) is 0 Å².